The standard InChI is InChI=1S/C56H98O6/c1-4-7-10-13-16-19-22-25-27-28-30-32-35-38-41-44-47-50-56(59)62-53(51-60-54(57)48-45-42-39-36-33-24-21-18-15-12-9-6-3)52-61-55(58)49-46-43-40-37-34-31-29-26-23-20-17-14-11-8-5-2/h7,10,16,19-20,23,25,27,30,32,53H,4-6,8-9,11-15,17-18,21-22,24,26,28-29,31,33-52H2,1-3H3/b10-7-,19-16-,23-20-,27-25-,32-30-/t53-/m0/s1. The van der Waals surface area contributed by atoms with E-state index in [2.05, 4.69) is 81.5 Å². The van der Waals surface area contributed by atoms with E-state index in [1.807, 2.05) is 0 Å². The molecule has 0 aromatic carbocycles. The number of ether oxygens (including phenoxy) is 3. The van der Waals surface area contributed by atoms with E-state index < -0.39 is 6.10 Å². The van der Waals surface area contributed by atoms with E-state index in [1.165, 1.54) is 122 Å². The van der Waals surface area contributed by atoms with Crippen molar-refractivity contribution in [2.75, 3.05) is 13.2 Å². The number of allylic oxidation sites excluding steroid dienone is 10. The molecule has 0 rings (SSSR count). The quantitative estimate of drug-likeness (QED) is 0.0262. The van der Waals surface area contributed by atoms with Gasteiger partial charge in [-0.3, -0.25) is 14.4 Å². The number of esters is 3. The molecule has 358 valence electrons. The molecule has 0 aromatic rings. The Hall–Kier alpha value is -2.89. The van der Waals surface area contributed by atoms with Gasteiger partial charge in [0.2, 0.25) is 0 Å². The van der Waals surface area contributed by atoms with E-state index in [0.717, 1.165) is 96.3 Å². The van der Waals surface area contributed by atoms with Gasteiger partial charge in [-0.15, -0.1) is 0 Å². The van der Waals surface area contributed by atoms with Crippen molar-refractivity contribution in [1.82, 2.24) is 0 Å². The summed E-state index contributed by atoms with van der Waals surface area (Å²) < 4.78 is 16.8. The molecule has 0 amide bonds. The monoisotopic (exact) mass is 867 g/mol. The Labute approximate surface area is 383 Å². The predicted molar refractivity (Wildman–Crippen MR) is 265 cm³/mol. The lowest BCUT2D eigenvalue weighted by atomic mass is 10.0. The zero-order chi connectivity index (χ0) is 45.1. The fourth-order valence-electron chi connectivity index (χ4n) is 7.31. The second-order valence-electron chi connectivity index (χ2n) is 17.4. The SMILES string of the molecule is CC/C=C\C/C=C\C/C=C\C/C=C\CCCCCCC(=O)O[C@H](COC(=O)CCCCCCCCC/C=C\CCCCCC)COC(=O)CCCCCCCCCCCCCC. The molecule has 0 heterocycles. The molecule has 0 bridgehead atoms. The molecule has 0 aliphatic carbocycles. The minimum absolute atomic E-state index is 0.0836. The van der Waals surface area contributed by atoms with Gasteiger partial charge in [0.1, 0.15) is 13.2 Å². The van der Waals surface area contributed by atoms with Crippen molar-refractivity contribution >= 4 is 17.9 Å². The van der Waals surface area contributed by atoms with Crippen LogP contribution < -0.4 is 0 Å². The van der Waals surface area contributed by atoms with Crippen molar-refractivity contribution in [3.05, 3.63) is 60.8 Å². The van der Waals surface area contributed by atoms with Gasteiger partial charge in [-0.2, -0.15) is 0 Å². The fraction of sp³-hybridized carbons (Fsp3) is 0.768. The van der Waals surface area contributed by atoms with Crippen molar-refractivity contribution in [3.63, 3.8) is 0 Å². The summed E-state index contributed by atoms with van der Waals surface area (Å²) >= 11 is 0. The van der Waals surface area contributed by atoms with E-state index in [0.29, 0.717) is 19.3 Å². The maximum Gasteiger partial charge on any atom is 0.306 e. The molecular weight excluding hydrogens is 769 g/mol. The molecule has 0 aromatic heterocycles. The minimum atomic E-state index is -0.786. The Balaban J connectivity index is 4.42. The van der Waals surface area contributed by atoms with E-state index in [4.69, 9.17) is 14.2 Å². The largest absolute Gasteiger partial charge is 0.462 e. The number of carbonyl (C=O) groups is 3. The second-order valence-corrected chi connectivity index (χ2v) is 17.4. The average Bonchev–Trinajstić information content (AvgIpc) is 3.27. The normalized spacial score (nSPS) is 12.5. The van der Waals surface area contributed by atoms with Gasteiger partial charge in [0, 0.05) is 19.3 Å². The van der Waals surface area contributed by atoms with Crippen LogP contribution in [0.5, 0.6) is 0 Å². The molecule has 62 heavy (non-hydrogen) atoms. The number of unbranched alkanes of at least 4 members (excludes halogenated alkanes) is 26. The van der Waals surface area contributed by atoms with Crippen molar-refractivity contribution in [2.24, 2.45) is 0 Å². The summed E-state index contributed by atoms with van der Waals surface area (Å²) in [5.41, 5.74) is 0. The van der Waals surface area contributed by atoms with Gasteiger partial charge in [0.15, 0.2) is 6.10 Å². The van der Waals surface area contributed by atoms with Gasteiger partial charge in [0.05, 0.1) is 0 Å². The molecule has 1 atom stereocenters. The summed E-state index contributed by atoms with van der Waals surface area (Å²) in [6.07, 6.45) is 62.0. The summed E-state index contributed by atoms with van der Waals surface area (Å²) in [5, 5.41) is 0. The van der Waals surface area contributed by atoms with E-state index in [1.54, 1.807) is 0 Å². The number of rotatable bonds is 47. The van der Waals surface area contributed by atoms with Crippen LogP contribution in [-0.4, -0.2) is 37.2 Å². The van der Waals surface area contributed by atoms with Crippen LogP contribution in [0.4, 0.5) is 0 Å². The first-order chi connectivity index (χ1) is 30.5. The lowest BCUT2D eigenvalue weighted by molar-refractivity contribution is -0.167. The third-order valence-corrected chi connectivity index (χ3v) is 11.3. The van der Waals surface area contributed by atoms with Crippen LogP contribution in [0.15, 0.2) is 60.8 Å². The van der Waals surface area contributed by atoms with Gasteiger partial charge >= 0.3 is 17.9 Å². The lowest BCUT2D eigenvalue weighted by Gasteiger charge is -2.18. The lowest BCUT2D eigenvalue weighted by Crippen LogP contribution is -2.30. The van der Waals surface area contributed by atoms with Crippen LogP contribution in [0.1, 0.15) is 258 Å². The third-order valence-electron chi connectivity index (χ3n) is 11.3. The van der Waals surface area contributed by atoms with Crippen LogP contribution >= 0.6 is 0 Å². The maximum atomic E-state index is 12.8. The zero-order valence-electron chi connectivity index (χ0n) is 40.9. The number of carbonyl (C=O) groups excluding carboxylic acids is 3. The van der Waals surface area contributed by atoms with Crippen LogP contribution in [0, 0.1) is 0 Å². The Morgan fingerprint density at radius 1 is 0.339 bits per heavy atom. The predicted octanol–water partition coefficient (Wildman–Crippen LogP) is 17.3. The first-order valence-corrected chi connectivity index (χ1v) is 26.3. The molecule has 0 N–H and O–H groups in total. The second kappa shape index (κ2) is 50.8. The van der Waals surface area contributed by atoms with Crippen LogP contribution in [0.25, 0.3) is 0 Å². The highest BCUT2D eigenvalue weighted by atomic mass is 16.6. The number of hydrogen-bond acceptors (Lipinski definition) is 6. The van der Waals surface area contributed by atoms with Crippen molar-refractivity contribution < 1.29 is 28.6 Å². The topological polar surface area (TPSA) is 78.9 Å². The highest BCUT2D eigenvalue weighted by molar-refractivity contribution is 5.71. The van der Waals surface area contributed by atoms with E-state index in [-0.39, 0.29) is 31.1 Å². The molecular formula is C56H98O6. The van der Waals surface area contributed by atoms with Gasteiger partial charge < -0.3 is 14.2 Å². The van der Waals surface area contributed by atoms with Crippen LogP contribution in [0.2, 0.25) is 0 Å². The molecule has 0 unspecified atom stereocenters. The maximum absolute atomic E-state index is 12.8. The first kappa shape index (κ1) is 59.1. The average molecular weight is 867 g/mol. The summed E-state index contributed by atoms with van der Waals surface area (Å²) in [6, 6.07) is 0. The van der Waals surface area contributed by atoms with Crippen molar-refractivity contribution in [3.8, 4) is 0 Å². The molecule has 0 aliphatic rings. The van der Waals surface area contributed by atoms with Crippen LogP contribution in [-0.2, 0) is 28.6 Å². The molecule has 0 spiro atoms. The minimum Gasteiger partial charge on any atom is -0.462 e. The summed E-state index contributed by atoms with van der Waals surface area (Å²) in [5.74, 6) is -0.906. The molecule has 0 saturated heterocycles. The van der Waals surface area contributed by atoms with Crippen molar-refractivity contribution in [2.45, 2.75) is 264 Å². The Morgan fingerprint density at radius 2 is 0.629 bits per heavy atom. The van der Waals surface area contributed by atoms with Crippen LogP contribution in [0.3, 0.4) is 0 Å². The smallest absolute Gasteiger partial charge is 0.306 e. The Morgan fingerprint density at radius 3 is 1.02 bits per heavy atom. The molecule has 0 aliphatic heterocycles. The molecule has 0 radical (unpaired) electrons. The van der Waals surface area contributed by atoms with Crippen molar-refractivity contribution in [1.29, 1.82) is 0 Å². The summed E-state index contributed by atoms with van der Waals surface area (Å²) in [7, 11) is 0. The van der Waals surface area contributed by atoms with Gasteiger partial charge in [-0.1, -0.05) is 216 Å². The first-order valence-electron chi connectivity index (χ1n) is 26.3. The van der Waals surface area contributed by atoms with Gasteiger partial charge in [-0.25, -0.2) is 0 Å². The summed E-state index contributed by atoms with van der Waals surface area (Å²) in [4.78, 5) is 38.0. The summed E-state index contributed by atoms with van der Waals surface area (Å²) in [6.45, 7) is 6.50. The van der Waals surface area contributed by atoms with Gasteiger partial charge in [0.25, 0.3) is 0 Å². The fourth-order valence-corrected chi connectivity index (χ4v) is 7.31. The highest BCUT2D eigenvalue weighted by Gasteiger charge is 2.19. The van der Waals surface area contributed by atoms with E-state index >= 15 is 0 Å². The number of hydrogen-bond donors (Lipinski definition) is 0. The molecule has 6 heteroatoms. The Bertz CT molecular complexity index is 1130. The highest BCUT2D eigenvalue weighted by Crippen LogP contribution is 2.15. The van der Waals surface area contributed by atoms with Gasteiger partial charge in [-0.05, 0) is 83.5 Å². The molecule has 6 nitrogen and oxygen atoms in total. The zero-order valence-corrected chi connectivity index (χ0v) is 40.9. The Kier molecular flexibility index (Phi) is 48.4. The third kappa shape index (κ3) is 48.1. The molecule has 0 saturated carbocycles. The van der Waals surface area contributed by atoms with E-state index in [9.17, 15) is 14.4 Å². The molecule has 0 fully saturated rings.